The van der Waals surface area contributed by atoms with Crippen LogP contribution < -0.4 is 5.32 Å². The van der Waals surface area contributed by atoms with Crippen LogP contribution in [0.1, 0.15) is 11.6 Å². The summed E-state index contributed by atoms with van der Waals surface area (Å²) in [4.78, 5) is 12.6. The zero-order valence-electron chi connectivity index (χ0n) is 11.4. The highest BCUT2D eigenvalue weighted by Crippen LogP contribution is 2.20. The van der Waals surface area contributed by atoms with Crippen molar-refractivity contribution in [3.8, 4) is 0 Å². The van der Waals surface area contributed by atoms with Gasteiger partial charge in [0.15, 0.2) is 6.04 Å². The lowest BCUT2D eigenvalue weighted by molar-refractivity contribution is -0.118. The summed E-state index contributed by atoms with van der Waals surface area (Å²) in [5.74, 6) is -0.235. The zero-order chi connectivity index (χ0) is 15.4. The van der Waals surface area contributed by atoms with E-state index in [0.29, 0.717) is 10.7 Å². The molecule has 0 aliphatic heterocycles. The van der Waals surface area contributed by atoms with Gasteiger partial charge in [-0.25, -0.2) is 4.68 Å². The number of nitrogens with zero attached hydrogens (tertiary/aromatic N) is 4. The summed E-state index contributed by atoms with van der Waals surface area (Å²) in [6.07, 6.45) is 1.42. The number of halogens is 1. The first kappa shape index (κ1) is 14.2. The van der Waals surface area contributed by atoms with Crippen LogP contribution in [0.2, 0.25) is 5.02 Å². The Morgan fingerprint density at radius 1 is 1.09 bits per heavy atom. The van der Waals surface area contributed by atoms with E-state index >= 15 is 0 Å². The van der Waals surface area contributed by atoms with Crippen LogP contribution in [0.3, 0.4) is 0 Å². The fourth-order valence-electron chi connectivity index (χ4n) is 2.09. The molecule has 7 heteroatoms. The van der Waals surface area contributed by atoms with E-state index in [9.17, 15) is 4.79 Å². The van der Waals surface area contributed by atoms with Crippen LogP contribution in [0.15, 0.2) is 60.9 Å². The van der Waals surface area contributed by atoms with Gasteiger partial charge in [0.2, 0.25) is 0 Å². The number of rotatable bonds is 4. The molecular weight excluding hydrogens is 302 g/mol. The zero-order valence-corrected chi connectivity index (χ0v) is 12.2. The number of anilines is 1. The Morgan fingerprint density at radius 3 is 2.45 bits per heavy atom. The summed E-state index contributed by atoms with van der Waals surface area (Å²) in [6, 6.07) is 15.6. The largest absolute Gasteiger partial charge is 0.324 e. The van der Waals surface area contributed by atoms with E-state index in [0.717, 1.165) is 5.56 Å². The van der Waals surface area contributed by atoms with Crippen molar-refractivity contribution in [3.05, 3.63) is 71.5 Å². The second-order valence-corrected chi connectivity index (χ2v) is 5.04. The maximum absolute atomic E-state index is 12.6. The Hall–Kier alpha value is -2.73. The number of carbonyl (C=O) groups is 1. The SMILES string of the molecule is O=C(Nc1ccc(Cl)cc1)[C@@H](c1ccccc1)n1cnnn1. The van der Waals surface area contributed by atoms with Gasteiger partial charge in [-0.1, -0.05) is 41.9 Å². The number of benzene rings is 2. The van der Waals surface area contributed by atoms with E-state index in [1.54, 1.807) is 24.3 Å². The normalized spacial score (nSPS) is 11.9. The standard InChI is InChI=1S/C15H12ClN5O/c16-12-6-8-13(9-7-12)18-15(22)14(21-10-17-19-20-21)11-4-2-1-3-5-11/h1-10,14H,(H,18,22)/t14-/m1/s1. The molecule has 3 aromatic rings. The van der Waals surface area contributed by atoms with Gasteiger partial charge in [0.25, 0.3) is 5.91 Å². The van der Waals surface area contributed by atoms with Crippen molar-refractivity contribution in [1.29, 1.82) is 0 Å². The molecule has 1 heterocycles. The molecule has 0 fully saturated rings. The summed E-state index contributed by atoms with van der Waals surface area (Å²) in [7, 11) is 0. The number of nitrogens with one attached hydrogen (secondary N) is 1. The quantitative estimate of drug-likeness (QED) is 0.803. The van der Waals surface area contributed by atoms with Crippen LogP contribution in [-0.2, 0) is 4.79 Å². The second kappa shape index (κ2) is 6.36. The summed E-state index contributed by atoms with van der Waals surface area (Å²) in [5.41, 5.74) is 1.45. The van der Waals surface area contributed by atoms with E-state index in [1.807, 2.05) is 30.3 Å². The van der Waals surface area contributed by atoms with Crippen molar-refractivity contribution < 1.29 is 4.79 Å². The predicted octanol–water partition coefficient (Wildman–Crippen LogP) is 2.55. The molecule has 0 radical (unpaired) electrons. The highest BCUT2D eigenvalue weighted by atomic mass is 35.5. The number of aromatic nitrogens is 4. The fourth-order valence-corrected chi connectivity index (χ4v) is 2.22. The third-order valence-corrected chi connectivity index (χ3v) is 3.36. The predicted molar refractivity (Wildman–Crippen MR) is 82.5 cm³/mol. The van der Waals surface area contributed by atoms with Crippen LogP contribution in [0.4, 0.5) is 5.69 Å². The average molecular weight is 314 g/mol. The number of amides is 1. The molecule has 2 aromatic carbocycles. The molecule has 22 heavy (non-hydrogen) atoms. The molecule has 0 spiro atoms. The topological polar surface area (TPSA) is 72.7 Å². The Morgan fingerprint density at radius 2 is 1.82 bits per heavy atom. The summed E-state index contributed by atoms with van der Waals surface area (Å²) in [5, 5.41) is 14.5. The van der Waals surface area contributed by atoms with Crippen molar-refractivity contribution in [1.82, 2.24) is 20.2 Å². The van der Waals surface area contributed by atoms with Gasteiger partial charge >= 0.3 is 0 Å². The molecule has 0 saturated heterocycles. The maximum Gasteiger partial charge on any atom is 0.253 e. The number of hydrogen-bond acceptors (Lipinski definition) is 4. The van der Waals surface area contributed by atoms with Crippen molar-refractivity contribution in [2.45, 2.75) is 6.04 Å². The van der Waals surface area contributed by atoms with Crippen LogP contribution in [0.5, 0.6) is 0 Å². The molecule has 0 saturated carbocycles. The Kier molecular flexibility index (Phi) is 4.11. The van der Waals surface area contributed by atoms with E-state index in [1.165, 1.54) is 11.0 Å². The van der Waals surface area contributed by atoms with Crippen molar-refractivity contribution in [2.75, 3.05) is 5.32 Å². The molecule has 1 atom stereocenters. The highest BCUT2D eigenvalue weighted by molar-refractivity contribution is 6.30. The summed E-state index contributed by atoms with van der Waals surface area (Å²) >= 11 is 5.84. The second-order valence-electron chi connectivity index (χ2n) is 4.60. The summed E-state index contributed by atoms with van der Waals surface area (Å²) in [6.45, 7) is 0. The number of tetrazole rings is 1. The van der Waals surface area contributed by atoms with Crippen LogP contribution in [0, 0.1) is 0 Å². The molecule has 3 rings (SSSR count). The Labute approximate surface area is 131 Å². The van der Waals surface area contributed by atoms with Crippen LogP contribution >= 0.6 is 11.6 Å². The lowest BCUT2D eigenvalue weighted by atomic mass is 10.1. The summed E-state index contributed by atoms with van der Waals surface area (Å²) < 4.78 is 1.42. The van der Waals surface area contributed by atoms with Gasteiger partial charge in [-0.15, -0.1) is 5.10 Å². The molecule has 0 aliphatic carbocycles. The molecule has 110 valence electrons. The lowest BCUT2D eigenvalue weighted by Gasteiger charge is -2.16. The van der Waals surface area contributed by atoms with E-state index in [4.69, 9.17) is 11.6 Å². The molecular formula is C15H12ClN5O. The first-order valence-electron chi connectivity index (χ1n) is 6.58. The van der Waals surface area contributed by atoms with E-state index in [-0.39, 0.29) is 5.91 Å². The average Bonchev–Trinajstić information content (AvgIpc) is 3.05. The molecule has 1 N–H and O–H groups in total. The van der Waals surface area contributed by atoms with Crippen molar-refractivity contribution in [3.63, 3.8) is 0 Å². The third-order valence-electron chi connectivity index (χ3n) is 3.10. The van der Waals surface area contributed by atoms with Gasteiger partial charge in [-0.3, -0.25) is 4.79 Å². The van der Waals surface area contributed by atoms with Gasteiger partial charge in [0, 0.05) is 10.7 Å². The van der Waals surface area contributed by atoms with E-state index < -0.39 is 6.04 Å². The van der Waals surface area contributed by atoms with Crippen LogP contribution in [-0.4, -0.2) is 26.1 Å². The molecule has 0 bridgehead atoms. The molecule has 0 unspecified atom stereocenters. The van der Waals surface area contributed by atoms with Gasteiger partial charge < -0.3 is 5.32 Å². The van der Waals surface area contributed by atoms with E-state index in [2.05, 4.69) is 20.8 Å². The number of hydrogen-bond donors (Lipinski definition) is 1. The minimum atomic E-state index is -0.646. The minimum absolute atomic E-state index is 0.235. The van der Waals surface area contributed by atoms with Gasteiger partial charge in [-0.2, -0.15) is 0 Å². The first-order chi connectivity index (χ1) is 10.7. The smallest absolute Gasteiger partial charge is 0.253 e. The van der Waals surface area contributed by atoms with Gasteiger partial charge in [0.05, 0.1) is 0 Å². The lowest BCUT2D eigenvalue weighted by Crippen LogP contribution is -2.27. The molecule has 1 aromatic heterocycles. The molecule has 1 amide bonds. The molecule has 6 nitrogen and oxygen atoms in total. The maximum atomic E-state index is 12.6. The Balaban J connectivity index is 1.89. The van der Waals surface area contributed by atoms with Crippen LogP contribution in [0.25, 0.3) is 0 Å². The van der Waals surface area contributed by atoms with Crippen molar-refractivity contribution in [2.24, 2.45) is 0 Å². The van der Waals surface area contributed by atoms with Gasteiger partial charge in [-0.05, 0) is 40.3 Å². The monoisotopic (exact) mass is 313 g/mol. The highest BCUT2D eigenvalue weighted by Gasteiger charge is 2.23. The minimum Gasteiger partial charge on any atom is -0.324 e. The van der Waals surface area contributed by atoms with Gasteiger partial charge in [0.1, 0.15) is 6.33 Å². The number of carbonyl (C=O) groups excluding carboxylic acids is 1. The molecule has 0 aliphatic rings. The Bertz CT molecular complexity index is 743. The fraction of sp³-hybridized carbons (Fsp3) is 0.0667. The third kappa shape index (κ3) is 3.12. The first-order valence-corrected chi connectivity index (χ1v) is 6.96. The van der Waals surface area contributed by atoms with Crippen molar-refractivity contribution >= 4 is 23.2 Å².